The number of hydrogen-bond donors (Lipinski definition) is 0. The van der Waals surface area contributed by atoms with Crippen molar-refractivity contribution in [3.8, 4) is 5.75 Å². The summed E-state index contributed by atoms with van der Waals surface area (Å²) in [5.74, 6) is 0.699. The van der Waals surface area contributed by atoms with E-state index in [1.807, 2.05) is 42.5 Å². The Morgan fingerprint density at radius 3 is 2.56 bits per heavy atom. The predicted molar refractivity (Wildman–Crippen MR) is 72.6 cm³/mol. The lowest BCUT2D eigenvalue weighted by Gasteiger charge is -2.02. The number of fused-ring (bicyclic) bond motifs is 3. The first kappa shape index (κ1) is 11.1. The van der Waals surface area contributed by atoms with Gasteiger partial charge in [0.1, 0.15) is 5.75 Å². The third-order valence-corrected chi connectivity index (χ3v) is 3.23. The zero-order valence-electron chi connectivity index (χ0n) is 9.68. The average molecular weight is 260 g/mol. The minimum absolute atomic E-state index is 0.519. The molecule has 90 valence electrons. The highest BCUT2D eigenvalue weighted by Crippen LogP contribution is 2.31. The second-order valence-electron chi connectivity index (χ2n) is 3.99. The fourth-order valence-corrected chi connectivity index (χ4v) is 2.45. The Morgan fingerprint density at radius 2 is 1.83 bits per heavy atom. The number of para-hydroxylation sites is 1. The summed E-state index contributed by atoms with van der Waals surface area (Å²) in [6.07, 6.45) is 0. The molecule has 0 aliphatic rings. The lowest BCUT2D eigenvalue weighted by molar-refractivity contribution is 0.262. The van der Waals surface area contributed by atoms with E-state index in [0.717, 1.165) is 21.8 Å². The van der Waals surface area contributed by atoms with Crippen LogP contribution >= 0.6 is 11.6 Å². The van der Waals surface area contributed by atoms with Crippen molar-refractivity contribution in [3.05, 3.63) is 42.5 Å². The van der Waals surface area contributed by atoms with Gasteiger partial charge in [0, 0.05) is 16.8 Å². The van der Waals surface area contributed by atoms with E-state index in [2.05, 4.69) is 0 Å². The second kappa shape index (κ2) is 4.03. The Hall–Kier alpha value is -2.00. The lowest BCUT2D eigenvalue weighted by atomic mass is 10.1. The van der Waals surface area contributed by atoms with Gasteiger partial charge in [-0.25, -0.2) is 0 Å². The number of carbonyl (C=O) groups is 1. The molecule has 0 saturated heterocycles. The van der Waals surface area contributed by atoms with E-state index in [0.29, 0.717) is 5.75 Å². The SMILES string of the molecule is COc1ccc2c3ccccc3n(C(=O)Cl)c2c1. The highest BCUT2D eigenvalue weighted by Gasteiger charge is 2.14. The maximum absolute atomic E-state index is 11.6. The number of hydrogen-bond acceptors (Lipinski definition) is 2. The molecule has 0 amide bonds. The molecule has 0 aliphatic carbocycles. The summed E-state index contributed by atoms with van der Waals surface area (Å²) in [5, 5.41) is 1.47. The van der Waals surface area contributed by atoms with E-state index in [-0.39, 0.29) is 0 Å². The number of rotatable bonds is 1. The van der Waals surface area contributed by atoms with Gasteiger partial charge in [-0.2, -0.15) is 0 Å². The standard InChI is InChI=1S/C14H10ClNO2/c1-18-9-6-7-11-10-4-2-3-5-12(10)16(14(15)17)13(11)8-9/h2-8H,1H3. The van der Waals surface area contributed by atoms with Crippen LogP contribution in [-0.4, -0.2) is 17.0 Å². The molecule has 0 atom stereocenters. The monoisotopic (exact) mass is 259 g/mol. The van der Waals surface area contributed by atoms with E-state index in [1.165, 1.54) is 4.57 Å². The largest absolute Gasteiger partial charge is 0.497 e. The summed E-state index contributed by atoms with van der Waals surface area (Å²) in [5.41, 5.74) is 1.57. The summed E-state index contributed by atoms with van der Waals surface area (Å²) in [4.78, 5) is 11.6. The Bertz CT molecular complexity index is 761. The molecule has 2 aromatic carbocycles. The maximum atomic E-state index is 11.6. The van der Waals surface area contributed by atoms with Crippen LogP contribution in [0.25, 0.3) is 21.8 Å². The topological polar surface area (TPSA) is 31.2 Å². The molecule has 4 heteroatoms. The van der Waals surface area contributed by atoms with Crippen LogP contribution in [0, 0.1) is 0 Å². The normalized spacial score (nSPS) is 11.0. The number of halogens is 1. The van der Waals surface area contributed by atoms with Gasteiger partial charge in [0.25, 0.3) is 0 Å². The van der Waals surface area contributed by atoms with E-state index >= 15 is 0 Å². The van der Waals surface area contributed by atoms with Gasteiger partial charge >= 0.3 is 5.37 Å². The van der Waals surface area contributed by atoms with Crippen LogP contribution < -0.4 is 4.74 Å². The summed E-state index contributed by atoms with van der Waals surface area (Å²) in [6.45, 7) is 0. The van der Waals surface area contributed by atoms with Gasteiger partial charge in [0.15, 0.2) is 0 Å². The van der Waals surface area contributed by atoms with Crippen LogP contribution in [-0.2, 0) is 0 Å². The Balaban J connectivity index is 2.54. The Kier molecular flexibility index (Phi) is 2.49. The number of methoxy groups -OCH3 is 1. The zero-order chi connectivity index (χ0) is 12.7. The Labute approximate surface area is 109 Å². The first-order chi connectivity index (χ1) is 8.72. The van der Waals surface area contributed by atoms with Gasteiger partial charge in [-0.05, 0) is 29.8 Å². The molecule has 3 aromatic rings. The summed E-state index contributed by atoms with van der Waals surface area (Å²) >= 11 is 5.68. The minimum atomic E-state index is -0.519. The fraction of sp³-hybridized carbons (Fsp3) is 0.0714. The molecule has 0 saturated carbocycles. The van der Waals surface area contributed by atoms with Gasteiger partial charge in [-0.15, -0.1) is 0 Å². The first-order valence-corrected chi connectivity index (χ1v) is 5.87. The first-order valence-electron chi connectivity index (χ1n) is 5.49. The Morgan fingerprint density at radius 1 is 1.11 bits per heavy atom. The molecule has 0 bridgehead atoms. The number of carbonyl (C=O) groups excluding carboxylic acids is 1. The summed E-state index contributed by atoms with van der Waals surface area (Å²) in [7, 11) is 1.59. The van der Waals surface area contributed by atoms with Gasteiger partial charge < -0.3 is 4.74 Å². The smallest absolute Gasteiger partial charge is 0.325 e. The van der Waals surface area contributed by atoms with E-state index < -0.39 is 5.37 Å². The molecular weight excluding hydrogens is 250 g/mol. The quantitative estimate of drug-likeness (QED) is 0.618. The number of aromatic nitrogens is 1. The predicted octanol–water partition coefficient (Wildman–Crippen LogP) is 4.01. The van der Waals surface area contributed by atoms with Crippen LogP contribution in [0.4, 0.5) is 4.79 Å². The van der Waals surface area contributed by atoms with Crippen LogP contribution in [0.1, 0.15) is 0 Å². The van der Waals surface area contributed by atoms with Crippen LogP contribution in [0.15, 0.2) is 42.5 Å². The molecule has 0 N–H and O–H groups in total. The molecule has 1 heterocycles. The third-order valence-electron chi connectivity index (χ3n) is 3.06. The lowest BCUT2D eigenvalue weighted by Crippen LogP contribution is -2.00. The minimum Gasteiger partial charge on any atom is -0.497 e. The summed E-state index contributed by atoms with van der Waals surface area (Å²) < 4.78 is 6.68. The fourth-order valence-electron chi connectivity index (χ4n) is 2.27. The number of nitrogens with zero attached hydrogens (tertiary/aromatic N) is 1. The molecule has 1 aromatic heterocycles. The average Bonchev–Trinajstić information content (AvgIpc) is 2.72. The van der Waals surface area contributed by atoms with Crippen molar-refractivity contribution < 1.29 is 9.53 Å². The zero-order valence-corrected chi connectivity index (χ0v) is 10.4. The molecule has 0 spiro atoms. The van der Waals surface area contributed by atoms with Crippen molar-refractivity contribution in [1.29, 1.82) is 0 Å². The van der Waals surface area contributed by atoms with E-state index in [1.54, 1.807) is 7.11 Å². The van der Waals surface area contributed by atoms with E-state index in [9.17, 15) is 4.79 Å². The van der Waals surface area contributed by atoms with Crippen LogP contribution in [0.3, 0.4) is 0 Å². The molecule has 0 radical (unpaired) electrons. The highest BCUT2D eigenvalue weighted by molar-refractivity contribution is 6.64. The molecule has 0 aliphatic heterocycles. The van der Waals surface area contributed by atoms with Crippen molar-refractivity contribution in [3.63, 3.8) is 0 Å². The highest BCUT2D eigenvalue weighted by atomic mass is 35.5. The van der Waals surface area contributed by atoms with E-state index in [4.69, 9.17) is 16.3 Å². The molecule has 0 unspecified atom stereocenters. The van der Waals surface area contributed by atoms with Crippen LogP contribution in [0.2, 0.25) is 0 Å². The van der Waals surface area contributed by atoms with Gasteiger partial charge in [0.2, 0.25) is 0 Å². The number of ether oxygens (including phenoxy) is 1. The second-order valence-corrected chi connectivity index (χ2v) is 4.31. The van der Waals surface area contributed by atoms with Crippen LogP contribution in [0.5, 0.6) is 5.75 Å². The van der Waals surface area contributed by atoms with Crippen molar-refractivity contribution in [2.24, 2.45) is 0 Å². The van der Waals surface area contributed by atoms with Crippen molar-refractivity contribution in [2.75, 3.05) is 7.11 Å². The number of benzene rings is 2. The molecule has 18 heavy (non-hydrogen) atoms. The van der Waals surface area contributed by atoms with Gasteiger partial charge in [0.05, 0.1) is 18.1 Å². The third kappa shape index (κ3) is 1.48. The molecule has 3 rings (SSSR count). The van der Waals surface area contributed by atoms with Crippen molar-refractivity contribution in [1.82, 2.24) is 4.57 Å². The molecule has 0 fully saturated rings. The molecular formula is C14H10ClNO2. The maximum Gasteiger partial charge on any atom is 0.325 e. The van der Waals surface area contributed by atoms with Crippen molar-refractivity contribution >= 4 is 38.8 Å². The van der Waals surface area contributed by atoms with Crippen molar-refractivity contribution in [2.45, 2.75) is 0 Å². The van der Waals surface area contributed by atoms with Gasteiger partial charge in [-0.3, -0.25) is 9.36 Å². The van der Waals surface area contributed by atoms with Gasteiger partial charge in [-0.1, -0.05) is 18.2 Å². The summed E-state index contributed by atoms with van der Waals surface area (Å²) in [6, 6.07) is 13.3. The molecule has 3 nitrogen and oxygen atoms in total.